The first kappa shape index (κ1) is 11.7. The number of aryl methyl sites for hydroxylation is 1. The molecule has 0 fully saturated rings. The summed E-state index contributed by atoms with van der Waals surface area (Å²) in [6, 6.07) is 0. The minimum Gasteiger partial charge on any atom is -0.365 e. The van der Waals surface area contributed by atoms with E-state index in [-0.39, 0.29) is 5.56 Å². The SMILES string of the molecule is CCn1ccnc(NCCCCN)c1=O. The smallest absolute Gasteiger partial charge is 0.293 e. The van der Waals surface area contributed by atoms with Crippen molar-refractivity contribution < 1.29 is 0 Å². The Morgan fingerprint density at radius 2 is 2.33 bits per heavy atom. The van der Waals surface area contributed by atoms with E-state index < -0.39 is 0 Å². The first-order valence-electron chi connectivity index (χ1n) is 5.29. The van der Waals surface area contributed by atoms with Crippen molar-refractivity contribution in [2.75, 3.05) is 18.4 Å². The summed E-state index contributed by atoms with van der Waals surface area (Å²) in [6.07, 6.45) is 5.24. The van der Waals surface area contributed by atoms with Gasteiger partial charge in [0.15, 0.2) is 5.82 Å². The molecule has 1 aromatic heterocycles. The summed E-state index contributed by atoms with van der Waals surface area (Å²) in [7, 11) is 0. The van der Waals surface area contributed by atoms with Crippen LogP contribution in [0.5, 0.6) is 0 Å². The summed E-state index contributed by atoms with van der Waals surface area (Å²) in [5.74, 6) is 0.427. The van der Waals surface area contributed by atoms with Gasteiger partial charge in [-0.25, -0.2) is 4.98 Å². The molecule has 0 aliphatic carbocycles. The summed E-state index contributed by atoms with van der Waals surface area (Å²) in [6.45, 7) is 4.02. The lowest BCUT2D eigenvalue weighted by Crippen LogP contribution is -2.24. The van der Waals surface area contributed by atoms with Crippen LogP contribution in [-0.4, -0.2) is 22.6 Å². The molecule has 0 aliphatic heterocycles. The van der Waals surface area contributed by atoms with Gasteiger partial charge in [-0.2, -0.15) is 0 Å². The Bertz CT molecular complexity index is 348. The number of anilines is 1. The Morgan fingerprint density at radius 1 is 1.53 bits per heavy atom. The lowest BCUT2D eigenvalue weighted by molar-refractivity contribution is 0.714. The van der Waals surface area contributed by atoms with Crippen molar-refractivity contribution in [1.82, 2.24) is 9.55 Å². The molecule has 3 N–H and O–H groups in total. The summed E-state index contributed by atoms with van der Waals surface area (Å²) < 4.78 is 1.62. The van der Waals surface area contributed by atoms with Gasteiger partial charge in [-0.3, -0.25) is 4.79 Å². The molecule has 0 amide bonds. The van der Waals surface area contributed by atoms with Gasteiger partial charge in [-0.1, -0.05) is 0 Å². The molecule has 0 spiro atoms. The fourth-order valence-electron chi connectivity index (χ4n) is 1.29. The number of unbranched alkanes of at least 4 members (excludes halogenated alkanes) is 1. The average molecular weight is 210 g/mol. The molecule has 0 aliphatic rings. The normalized spacial score (nSPS) is 10.3. The van der Waals surface area contributed by atoms with Crippen LogP contribution in [0.2, 0.25) is 0 Å². The quantitative estimate of drug-likeness (QED) is 0.667. The molecule has 1 aromatic rings. The Morgan fingerprint density at radius 3 is 3.00 bits per heavy atom. The number of aromatic nitrogens is 2. The van der Waals surface area contributed by atoms with Crippen LogP contribution in [0.3, 0.4) is 0 Å². The number of hydrogen-bond donors (Lipinski definition) is 2. The Labute approximate surface area is 89.3 Å². The number of nitrogens with zero attached hydrogens (tertiary/aromatic N) is 2. The molecule has 0 radical (unpaired) electrons. The van der Waals surface area contributed by atoms with E-state index in [0.29, 0.717) is 18.9 Å². The van der Waals surface area contributed by atoms with Crippen LogP contribution in [0.4, 0.5) is 5.82 Å². The van der Waals surface area contributed by atoms with Crippen molar-refractivity contribution in [3.63, 3.8) is 0 Å². The fraction of sp³-hybridized carbons (Fsp3) is 0.600. The second kappa shape index (κ2) is 6.19. The lowest BCUT2D eigenvalue weighted by atomic mass is 10.3. The molecule has 0 bridgehead atoms. The van der Waals surface area contributed by atoms with Crippen molar-refractivity contribution in [2.45, 2.75) is 26.3 Å². The minimum atomic E-state index is -0.0623. The van der Waals surface area contributed by atoms with E-state index in [0.717, 1.165) is 19.4 Å². The predicted molar refractivity (Wildman–Crippen MR) is 60.9 cm³/mol. The zero-order chi connectivity index (χ0) is 11.1. The predicted octanol–water partition coefficient (Wildman–Crippen LogP) is 0.414. The van der Waals surface area contributed by atoms with Gasteiger partial charge < -0.3 is 15.6 Å². The molecule has 15 heavy (non-hydrogen) atoms. The van der Waals surface area contributed by atoms with E-state index in [4.69, 9.17) is 5.73 Å². The van der Waals surface area contributed by atoms with Gasteiger partial charge in [0.2, 0.25) is 0 Å². The van der Waals surface area contributed by atoms with Crippen LogP contribution in [0, 0.1) is 0 Å². The highest BCUT2D eigenvalue weighted by Crippen LogP contribution is 1.94. The van der Waals surface area contributed by atoms with Gasteiger partial charge in [0.05, 0.1) is 0 Å². The Kier molecular flexibility index (Phi) is 4.83. The molecular formula is C10H18N4O. The third-order valence-electron chi connectivity index (χ3n) is 2.18. The molecule has 0 aromatic carbocycles. The fourth-order valence-corrected chi connectivity index (χ4v) is 1.29. The molecule has 0 unspecified atom stereocenters. The van der Waals surface area contributed by atoms with E-state index in [1.54, 1.807) is 17.0 Å². The zero-order valence-corrected chi connectivity index (χ0v) is 9.07. The number of rotatable bonds is 6. The summed E-state index contributed by atoms with van der Waals surface area (Å²) in [4.78, 5) is 15.7. The van der Waals surface area contributed by atoms with Crippen LogP contribution < -0.4 is 16.6 Å². The third-order valence-corrected chi connectivity index (χ3v) is 2.18. The van der Waals surface area contributed by atoms with Gasteiger partial charge in [-0.15, -0.1) is 0 Å². The topological polar surface area (TPSA) is 72.9 Å². The summed E-state index contributed by atoms with van der Waals surface area (Å²) in [5.41, 5.74) is 5.31. The molecular weight excluding hydrogens is 192 g/mol. The van der Waals surface area contributed by atoms with Crippen molar-refractivity contribution in [3.8, 4) is 0 Å². The first-order chi connectivity index (χ1) is 7.29. The van der Waals surface area contributed by atoms with Gasteiger partial charge in [0.25, 0.3) is 5.56 Å². The summed E-state index contributed by atoms with van der Waals surface area (Å²) >= 11 is 0. The molecule has 5 nitrogen and oxygen atoms in total. The van der Waals surface area contributed by atoms with Crippen molar-refractivity contribution in [2.24, 2.45) is 5.73 Å². The highest BCUT2D eigenvalue weighted by atomic mass is 16.1. The number of nitrogens with one attached hydrogen (secondary N) is 1. The Hall–Kier alpha value is -1.36. The van der Waals surface area contributed by atoms with Gasteiger partial charge in [0, 0.05) is 25.5 Å². The van der Waals surface area contributed by atoms with Gasteiger partial charge in [-0.05, 0) is 26.3 Å². The maximum Gasteiger partial charge on any atom is 0.293 e. The number of hydrogen-bond acceptors (Lipinski definition) is 4. The second-order valence-corrected chi connectivity index (χ2v) is 3.29. The van der Waals surface area contributed by atoms with Gasteiger partial charge >= 0.3 is 0 Å². The molecule has 0 saturated carbocycles. The van der Waals surface area contributed by atoms with Crippen molar-refractivity contribution >= 4 is 5.82 Å². The molecule has 0 atom stereocenters. The molecule has 5 heteroatoms. The van der Waals surface area contributed by atoms with Crippen LogP contribution in [0.15, 0.2) is 17.2 Å². The van der Waals surface area contributed by atoms with Crippen LogP contribution in [-0.2, 0) is 6.54 Å². The van der Waals surface area contributed by atoms with Crippen LogP contribution >= 0.6 is 0 Å². The summed E-state index contributed by atoms with van der Waals surface area (Å²) in [5, 5.41) is 3.02. The highest BCUT2D eigenvalue weighted by Gasteiger charge is 2.01. The van der Waals surface area contributed by atoms with E-state index >= 15 is 0 Å². The van der Waals surface area contributed by atoms with Gasteiger partial charge in [0.1, 0.15) is 0 Å². The maximum absolute atomic E-state index is 11.7. The largest absolute Gasteiger partial charge is 0.365 e. The zero-order valence-electron chi connectivity index (χ0n) is 9.07. The minimum absolute atomic E-state index is 0.0623. The Balaban J connectivity index is 2.57. The number of nitrogens with two attached hydrogens (primary N) is 1. The second-order valence-electron chi connectivity index (χ2n) is 3.29. The van der Waals surface area contributed by atoms with Crippen molar-refractivity contribution in [3.05, 3.63) is 22.7 Å². The molecule has 84 valence electrons. The first-order valence-corrected chi connectivity index (χ1v) is 5.29. The highest BCUT2D eigenvalue weighted by molar-refractivity contribution is 5.30. The standard InChI is InChI=1S/C10H18N4O/c1-2-14-8-7-13-9(10(14)15)12-6-4-3-5-11/h7-8H,2-6,11H2,1H3,(H,12,13). The van der Waals surface area contributed by atoms with Crippen LogP contribution in [0.1, 0.15) is 19.8 Å². The molecule has 1 heterocycles. The van der Waals surface area contributed by atoms with E-state index in [1.807, 2.05) is 6.92 Å². The molecule has 1 rings (SSSR count). The lowest BCUT2D eigenvalue weighted by Gasteiger charge is -2.06. The van der Waals surface area contributed by atoms with Crippen molar-refractivity contribution in [1.29, 1.82) is 0 Å². The monoisotopic (exact) mass is 210 g/mol. The van der Waals surface area contributed by atoms with Crippen LogP contribution in [0.25, 0.3) is 0 Å². The average Bonchev–Trinajstić information content (AvgIpc) is 2.26. The maximum atomic E-state index is 11.7. The van der Waals surface area contributed by atoms with E-state index in [2.05, 4.69) is 10.3 Å². The van der Waals surface area contributed by atoms with E-state index in [1.165, 1.54) is 0 Å². The van der Waals surface area contributed by atoms with E-state index in [9.17, 15) is 4.79 Å². The molecule has 0 saturated heterocycles. The third kappa shape index (κ3) is 3.36.